The molecule has 0 unspecified atom stereocenters. The van der Waals surface area contributed by atoms with E-state index < -0.39 is 15.5 Å². The van der Waals surface area contributed by atoms with Gasteiger partial charge in [-0.1, -0.05) is 13.8 Å². The molecule has 7 heteroatoms. The van der Waals surface area contributed by atoms with Gasteiger partial charge in [-0.15, -0.1) is 0 Å². The summed E-state index contributed by atoms with van der Waals surface area (Å²) in [5, 5.41) is 2.52. The fraction of sp³-hybridized carbons (Fsp3) is 0.800. The van der Waals surface area contributed by atoms with Crippen LogP contribution in [0.3, 0.4) is 0 Å². The lowest BCUT2D eigenvalue weighted by atomic mass is 9.90. The summed E-state index contributed by atoms with van der Waals surface area (Å²) in [6, 6.07) is 0. The summed E-state index contributed by atoms with van der Waals surface area (Å²) in [7, 11) is -3.96. The summed E-state index contributed by atoms with van der Waals surface area (Å²) >= 11 is 0. The second kappa shape index (κ2) is 6.70. The quantitative estimate of drug-likeness (QED) is 0.375. The highest BCUT2D eigenvalue weighted by molar-refractivity contribution is 7.85. The molecule has 0 rings (SSSR count). The van der Waals surface area contributed by atoms with Crippen molar-refractivity contribution in [2.75, 3.05) is 12.3 Å². The monoisotopic (exact) mass is 265 g/mol. The van der Waals surface area contributed by atoms with Crippen LogP contribution in [0.5, 0.6) is 0 Å². The Labute approximate surface area is 102 Å². The molecular formula is C10H19NO5S. The average Bonchev–Trinajstić information content (AvgIpc) is 2.20. The third-order valence-electron chi connectivity index (χ3n) is 2.22. The predicted molar refractivity (Wildman–Crippen MR) is 63.1 cm³/mol. The number of rotatable bonds is 8. The first-order valence-electron chi connectivity index (χ1n) is 5.34. The topological polar surface area (TPSA) is 101 Å². The van der Waals surface area contributed by atoms with Crippen LogP contribution in [-0.2, 0) is 19.7 Å². The van der Waals surface area contributed by atoms with Crippen molar-refractivity contribution in [2.45, 2.75) is 33.1 Å². The van der Waals surface area contributed by atoms with E-state index in [4.69, 9.17) is 4.55 Å². The Bertz CT molecular complexity index is 361. The number of hydrogen-bond donors (Lipinski definition) is 2. The van der Waals surface area contributed by atoms with E-state index in [0.717, 1.165) is 6.29 Å². The minimum absolute atomic E-state index is 0.168. The summed E-state index contributed by atoms with van der Waals surface area (Å²) in [6.07, 6.45) is 1.64. The predicted octanol–water partition coefficient (Wildman–Crippen LogP) is 0.386. The Balaban J connectivity index is 3.71. The first-order valence-corrected chi connectivity index (χ1v) is 6.95. The van der Waals surface area contributed by atoms with Gasteiger partial charge in [0.1, 0.15) is 6.29 Å². The van der Waals surface area contributed by atoms with Crippen molar-refractivity contribution in [3.8, 4) is 0 Å². The number of carbonyl (C=O) groups excluding carboxylic acids is 2. The van der Waals surface area contributed by atoms with Crippen molar-refractivity contribution in [3.05, 3.63) is 0 Å². The van der Waals surface area contributed by atoms with Gasteiger partial charge in [-0.05, 0) is 12.8 Å². The van der Waals surface area contributed by atoms with Crippen molar-refractivity contribution < 1.29 is 22.6 Å². The second-order valence-electron chi connectivity index (χ2n) is 4.60. The number of hydrogen-bond acceptors (Lipinski definition) is 4. The molecule has 0 aliphatic heterocycles. The molecule has 0 aliphatic rings. The molecule has 0 aromatic carbocycles. The Kier molecular flexibility index (Phi) is 6.33. The first kappa shape index (κ1) is 16.1. The lowest BCUT2D eigenvalue weighted by Crippen LogP contribution is -2.27. The highest BCUT2D eigenvalue weighted by Crippen LogP contribution is 2.18. The number of aldehydes is 1. The minimum Gasteiger partial charge on any atom is -0.356 e. The van der Waals surface area contributed by atoms with Crippen LogP contribution >= 0.6 is 0 Å². The number of amides is 1. The summed E-state index contributed by atoms with van der Waals surface area (Å²) < 4.78 is 29.2. The van der Waals surface area contributed by atoms with Gasteiger partial charge in [0.25, 0.3) is 10.1 Å². The average molecular weight is 265 g/mol. The molecule has 0 spiro atoms. The van der Waals surface area contributed by atoms with E-state index in [-0.39, 0.29) is 31.0 Å². The van der Waals surface area contributed by atoms with Gasteiger partial charge in [0.05, 0.1) is 5.75 Å². The fourth-order valence-corrected chi connectivity index (χ4v) is 1.57. The van der Waals surface area contributed by atoms with Gasteiger partial charge >= 0.3 is 0 Å². The van der Waals surface area contributed by atoms with E-state index in [9.17, 15) is 18.0 Å². The molecule has 0 aromatic rings. The van der Waals surface area contributed by atoms with Gasteiger partial charge in [0, 0.05) is 18.4 Å². The van der Waals surface area contributed by atoms with E-state index >= 15 is 0 Å². The van der Waals surface area contributed by atoms with Gasteiger partial charge in [0.15, 0.2) is 0 Å². The highest BCUT2D eigenvalue weighted by Gasteiger charge is 2.17. The van der Waals surface area contributed by atoms with Crippen LogP contribution in [0, 0.1) is 5.41 Å². The summed E-state index contributed by atoms with van der Waals surface area (Å²) in [6.45, 7) is 3.68. The molecule has 0 bridgehead atoms. The Morgan fingerprint density at radius 1 is 1.41 bits per heavy atom. The Hall–Kier alpha value is -0.950. The van der Waals surface area contributed by atoms with Gasteiger partial charge in [0.2, 0.25) is 5.91 Å². The van der Waals surface area contributed by atoms with Crippen molar-refractivity contribution in [1.82, 2.24) is 5.32 Å². The van der Waals surface area contributed by atoms with Gasteiger partial charge in [-0.2, -0.15) is 8.42 Å². The smallest absolute Gasteiger partial charge is 0.264 e. The van der Waals surface area contributed by atoms with E-state index in [1.807, 2.05) is 0 Å². The van der Waals surface area contributed by atoms with Crippen molar-refractivity contribution >= 4 is 22.3 Å². The molecule has 0 radical (unpaired) electrons. The summed E-state index contributed by atoms with van der Waals surface area (Å²) in [5.41, 5.74) is -0.522. The van der Waals surface area contributed by atoms with Crippen LogP contribution in [0.2, 0.25) is 0 Å². The number of carbonyl (C=O) groups is 2. The van der Waals surface area contributed by atoms with Gasteiger partial charge in [-0.25, -0.2) is 0 Å². The van der Waals surface area contributed by atoms with Crippen molar-refractivity contribution in [3.63, 3.8) is 0 Å². The highest BCUT2D eigenvalue weighted by atomic mass is 32.2. The Morgan fingerprint density at radius 2 is 2.00 bits per heavy atom. The lowest BCUT2D eigenvalue weighted by Gasteiger charge is -2.15. The molecule has 0 aliphatic carbocycles. The third kappa shape index (κ3) is 9.95. The van der Waals surface area contributed by atoms with Crippen LogP contribution < -0.4 is 5.32 Å². The molecule has 1 amide bonds. The van der Waals surface area contributed by atoms with E-state index in [2.05, 4.69) is 5.32 Å². The zero-order valence-electron chi connectivity index (χ0n) is 10.1. The van der Waals surface area contributed by atoms with Crippen molar-refractivity contribution in [1.29, 1.82) is 0 Å². The first-order chi connectivity index (χ1) is 7.66. The molecule has 0 aromatic heterocycles. The molecule has 17 heavy (non-hydrogen) atoms. The Morgan fingerprint density at radius 3 is 2.47 bits per heavy atom. The number of nitrogens with one attached hydrogen (secondary N) is 1. The van der Waals surface area contributed by atoms with Crippen LogP contribution in [0.4, 0.5) is 0 Å². The summed E-state index contributed by atoms with van der Waals surface area (Å²) in [5.74, 6) is -0.595. The third-order valence-corrected chi connectivity index (χ3v) is 3.02. The zero-order chi connectivity index (χ0) is 13.5. The fourth-order valence-electron chi connectivity index (χ4n) is 1.07. The molecule has 0 heterocycles. The van der Waals surface area contributed by atoms with Gasteiger partial charge in [-0.3, -0.25) is 9.35 Å². The van der Waals surface area contributed by atoms with Crippen LogP contribution in [0.15, 0.2) is 0 Å². The van der Waals surface area contributed by atoms with Crippen LogP contribution in [-0.4, -0.2) is 37.5 Å². The van der Waals surface area contributed by atoms with E-state index in [0.29, 0.717) is 6.42 Å². The van der Waals surface area contributed by atoms with Crippen LogP contribution in [0.1, 0.15) is 33.1 Å². The molecule has 0 fully saturated rings. The lowest BCUT2D eigenvalue weighted by molar-refractivity contribution is -0.122. The molecule has 0 saturated heterocycles. The zero-order valence-corrected chi connectivity index (χ0v) is 10.9. The second-order valence-corrected chi connectivity index (χ2v) is 6.17. The van der Waals surface area contributed by atoms with Gasteiger partial charge < -0.3 is 10.1 Å². The maximum Gasteiger partial charge on any atom is 0.264 e. The molecule has 6 nitrogen and oxygen atoms in total. The SMILES string of the molecule is CC(C)(C=O)CCC(=O)NCCCS(=O)(=O)O. The molecular weight excluding hydrogens is 246 g/mol. The van der Waals surface area contributed by atoms with E-state index in [1.54, 1.807) is 13.8 Å². The molecule has 100 valence electrons. The maximum absolute atomic E-state index is 11.3. The molecule has 0 atom stereocenters. The maximum atomic E-state index is 11.3. The summed E-state index contributed by atoms with van der Waals surface area (Å²) in [4.78, 5) is 21.9. The largest absolute Gasteiger partial charge is 0.356 e. The standard InChI is InChI=1S/C10H19NO5S/c1-10(2,8-12)5-4-9(13)11-6-3-7-17(14,15)16/h8H,3-7H2,1-2H3,(H,11,13)(H,14,15,16). The minimum atomic E-state index is -3.96. The molecule has 2 N–H and O–H groups in total. The van der Waals surface area contributed by atoms with Crippen LogP contribution in [0.25, 0.3) is 0 Å². The van der Waals surface area contributed by atoms with E-state index in [1.165, 1.54) is 0 Å². The van der Waals surface area contributed by atoms with Crippen molar-refractivity contribution in [2.24, 2.45) is 5.41 Å². The molecule has 0 saturated carbocycles. The normalized spacial score (nSPS) is 12.2.